The molecule has 1 aliphatic rings. The Hall–Kier alpha value is -1.13. The van der Waals surface area contributed by atoms with E-state index in [2.05, 4.69) is 0 Å². The highest BCUT2D eigenvalue weighted by Crippen LogP contribution is 2.08. The highest BCUT2D eigenvalue weighted by molar-refractivity contribution is 5.47. The lowest BCUT2D eigenvalue weighted by molar-refractivity contribution is -0.517. The van der Waals surface area contributed by atoms with Gasteiger partial charge in [0.2, 0.25) is 12.5 Å². The van der Waals surface area contributed by atoms with Crippen LogP contribution in [0.3, 0.4) is 0 Å². The monoisotopic (exact) mass is 144 g/mol. The number of hydrogen-bond acceptors (Lipinski definition) is 3. The molecule has 56 valence electrons. The van der Waals surface area contributed by atoms with Gasteiger partial charge in [-0.2, -0.15) is 0 Å². The standard InChI is InChI=1S/C5H8N2O3/c8-4-6-2-1-5(3-6)7(9)10/h4-5H,1-3H2. The van der Waals surface area contributed by atoms with Crippen LogP contribution in [-0.4, -0.2) is 35.4 Å². The van der Waals surface area contributed by atoms with Crippen molar-refractivity contribution in [3.8, 4) is 0 Å². The van der Waals surface area contributed by atoms with E-state index in [4.69, 9.17) is 0 Å². The zero-order chi connectivity index (χ0) is 7.56. The number of carbonyl (C=O) groups excluding carboxylic acids is 1. The van der Waals surface area contributed by atoms with Crippen molar-refractivity contribution >= 4 is 6.41 Å². The Balaban J connectivity index is 2.42. The molecule has 5 heteroatoms. The summed E-state index contributed by atoms with van der Waals surface area (Å²) in [6, 6.07) is -0.537. The minimum Gasteiger partial charge on any atom is -0.338 e. The summed E-state index contributed by atoms with van der Waals surface area (Å²) in [5.41, 5.74) is 0. The van der Waals surface area contributed by atoms with E-state index in [0.717, 1.165) is 0 Å². The van der Waals surface area contributed by atoms with Gasteiger partial charge in [0.15, 0.2) is 0 Å². The Morgan fingerprint density at radius 1 is 1.70 bits per heavy atom. The molecule has 1 unspecified atom stereocenters. The van der Waals surface area contributed by atoms with Crippen molar-refractivity contribution in [2.24, 2.45) is 0 Å². The van der Waals surface area contributed by atoms with Crippen molar-refractivity contribution in [1.29, 1.82) is 0 Å². The van der Waals surface area contributed by atoms with Gasteiger partial charge >= 0.3 is 0 Å². The average Bonchev–Trinajstić information content (AvgIpc) is 2.34. The molecule has 0 saturated carbocycles. The largest absolute Gasteiger partial charge is 0.338 e. The van der Waals surface area contributed by atoms with Crippen LogP contribution >= 0.6 is 0 Å². The Morgan fingerprint density at radius 2 is 2.40 bits per heavy atom. The maximum atomic E-state index is 10.1. The summed E-state index contributed by atoms with van der Waals surface area (Å²) >= 11 is 0. The van der Waals surface area contributed by atoms with E-state index in [1.807, 2.05) is 0 Å². The highest BCUT2D eigenvalue weighted by atomic mass is 16.6. The van der Waals surface area contributed by atoms with Gasteiger partial charge in [-0.25, -0.2) is 0 Å². The fourth-order valence-electron chi connectivity index (χ4n) is 1.04. The predicted octanol–water partition coefficient (Wildman–Crippen LogP) is -0.506. The molecule has 0 spiro atoms. The fourth-order valence-corrected chi connectivity index (χ4v) is 1.04. The van der Waals surface area contributed by atoms with Crippen molar-refractivity contribution in [2.75, 3.05) is 13.1 Å². The minimum atomic E-state index is -0.537. The van der Waals surface area contributed by atoms with Crippen LogP contribution in [0.4, 0.5) is 0 Å². The van der Waals surface area contributed by atoms with Gasteiger partial charge in [-0.3, -0.25) is 14.9 Å². The molecule has 1 heterocycles. The Morgan fingerprint density at radius 3 is 2.70 bits per heavy atom. The molecular weight excluding hydrogens is 136 g/mol. The van der Waals surface area contributed by atoms with Crippen molar-refractivity contribution in [1.82, 2.24) is 4.90 Å². The molecule has 1 atom stereocenters. The lowest BCUT2D eigenvalue weighted by Crippen LogP contribution is -2.24. The van der Waals surface area contributed by atoms with Gasteiger partial charge in [0.05, 0.1) is 6.54 Å². The van der Waals surface area contributed by atoms with Crippen LogP contribution in [0.1, 0.15) is 6.42 Å². The second-order valence-electron chi connectivity index (χ2n) is 2.33. The van der Waals surface area contributed by atoms with Crippen LogP contribution in [0.5, 0.6) is 0 Å². The lowest BCUT2D eigenvalue weighted by Gasteiger charge is -2.03. The molecule has 5 nitrogen and oxygen atoms in total. The molecule has 1 aliphatic heterocycles. The molecule has 0 aromatic rings. The third kappa shape index (κ3) is 1.23. The molecule has 10 heavy (non-hydrogen) atoms. The summed E-state index contributed by atoms with van der Waals surface area (Å²) in [5.74, 6) is 0. The zero-order valence-corrected chi connectivity index (χ0v) is 5.40. The van der Waals surface area contributed by atoms with E-state index in [-0.39, 0.29) is 11.5 Å². The van der Waals surface area contributed by atoms with Crippen molar-refractivity contribution in [3.05, 3.63) is 10.1 Å². The average molecular weight is 144 g/mol. The maximum Gasteiger partial charge on any atom is 0.232 e. The Labute approximate surface area is 57.8 Å². The van der Waals surface area contributed by atoms with Crippen LogP contribution in [0.25, 0.3) is 0 Å². The maximum absolute atomic E-state index is 10.1. The van der Waals surface area contributed by atoms with Crippen molar-refractivity contribution in [2.45, 2.75) is 12.5 Å². The Kier molecular flexibility index (Phi) is 1.84. The molecule has 0 aromatic carbocycles. The number of hydrogen-bond donors (Lipinski definition) is 0. The van der Waals surface area contributed by atoms with Crippen molar-refractivity contribution < 1.29 is 9.72 Å². The van der Waals surface area contributed by atoms with E-state index in [1.54, 1.807) is 0 Å². The number of nitro groups is 1. The van der Waals surface area contributed by atoms with Gasteiger partial charge in [0.1, 0.15) is 0 Å². The summed E-state index contributed by atoms with van der Waals surface area (Å²) in [6.07, 6.45) is 1.15. The highest BCUT2D eigenvalue weighted by Gasteiger charge is 2.29. The number of rotatable bonds is 2. The molecule has 1 saturated heterocycles. The minimum absolute atomic E-state index is 0.274. The first kappa shape index (κ1) is 6.98. The summed E-state index contributed by atoms with van der Waals surface area (Å²) < 4.78 is 0. The Bertz CT molecular complexity index is 159. The number of likely N-dealkylation sites (tertiary alicyclic amines) is 1. The molecule has 0 radical (unpaired) electrons. The topological polar surface area (TPSA) is 63.5 Å². The summed E-state index contributed by atoms with van der Waals surface area (Å²) in [4.78, 5) is 21.3. The van der Waals surface area contributed by atoms with Crippen LogP contribution in [0, 0.1) is 10.1 Å². The summed E-state index contributed by atoms with van der Waals surface area (Å²) in [7, 11) is 0. The number of carbonyl (C=O) groups is 1. The van der Waals surface area contributed by atoms with E-state index in [9.17, 15) is 14.9 Å². The zero-order valence-electron chi connectivity index (χ0n) is 5.40. The third-order valence-corrected chi connectivity index (χ3v) is 1.64. The number of amides is 1. The summed E-state index contributed by atoms with van der Waals surface area (Å²) in [6.45, 7) is 0.797. The fraction of sp³-hybridized carbons (Fsp3) is 0.800. The lowest BCUT2D eigenvalue weighted by atomic mass is 10.3. The normalized spacial score (nSPS) is 24.8. The SMILES string of the molecule is O=CN1CCC([N+](=O)[O-])C1. The third-order valence-electron chi connectivity index (χ3n) is 1.64. The molecule has 1 amide bonds. The second kappa shape index (κ2) is 2.64. The molecule has 1 fully saturated rings. The first-order valence-electron chi connectivity index (χ1n) is 3.07. The van der Waals surface area contributed by atoms with E-state index in [0.29, 0.717) is 19.4 Å². The molecule has 0 bridgehead atoms. The van der Waals surface area contributed by atoms with Crippen molar-refractivity contribution in [3.63, 3.8) is 0 Å². The van der Waals surface area contributed by atoms with Crippen LogP contribution in [-0.2, 0) is 4.79 Å². The molecule has 0 N–H and O–H groups in total. The molecule has 0 aromatic heterocycles. The predicted molar refractivity (Wildman–Crippen MR) is 33.0 cm³/mol. The van der Waals surface area contributed by atoms with Crippen LogP contribution in [0.15, 0.2) is 0 Å². The van der Waals surface area contributed by atoms with Gasteiger partial charge in [-0.15, -0.1) is 0 Å². The van der Waals surface area contributed by atoms with E-state index in [1.165, 1.54) is 4.90 Å². The van der Waals surface area contributed by atoms with E-state index >= 15 is 0 Å². The first-order chi connectivity index (χ1) is 4.74. The second-order valence-corrected chi connectivity index (χ2v) is 2.33. The van der Waals surface area contributed by atoms with Gasteiger partial charge in [-0.05, 0) is 0 Å². The first-order valence-corrected chi connectivity index (χ1v) is 3.07. The van der Waals surface area contributed by atoms with E-state index < -0.39 is 6.04 Å². The smallest absolute Gasteiger partial charge is 0.232 e. The molecule has 0 aliphatic carbocycles. The van der Waals surface area contributed by atoms with Gasteiger partial charge in [0.25, 0.3) is 0 Å². The number of nitrogens with zero attached hydrogens (tertiary/aromatic N) is 2. The molecular formula is C5H8N2O3. The summed E-state index contributed by atoms with van der Waals surface area (Å²) in [5, 5.41) is 10.1. The quantitative estimate of drug-likeness (QED) is 0.298. The van der Waals surface area contributed by atoms with Gasteiger partial charge in [-0.1, -0.05) is 0 Å². The van der Waals surface area contributed by atoms with Gasteiger partial charge in [0, 0.05) is 17.9 Å². The van der Waals surface area contributed by atoms with Crippen LogP contribution < -0.4 is 0 Å². The van der Waals surface area contributed by atoms with Crippen LogP contribution in [0.2, 0.25) is 0 Å². The molecule has 1 rings (SSSR count). The van der Waals surface area contributed by atoms with Gasteiger partial charge < -0.3 is 4.90 Å².